The molecule has 0 spiro atoms. The Kier molecular flexibility index (Phi) is 5.05. The fraction of sp³-hybridized carbons (Fsp3) is 0.154. The van der Waals surface area contributed by atoms with Crippen molar-refractivity contribution in [1.82, 2.24) is 3.89 Å². The van der Waals surface area contributed by atoms with E-state index in [2.05, 4.69) is 5.32 Å². The van der Waals surface area contributed by atoms with Crippen molar-refractivity contribution >= 4 is 62.1 Å². The summed E-state index contributed by atoms with van der Waals surface area (Å²) in [6.07, 6.45) is 0. The summed E-state index contributed by atoms with van der Waals surface area (Å²) in [6, 6.07) is 6.17. The molecule has 2 aromatic rings. The number of rotatable bonds is 4. The van der Waals surface area contributed by atoms with Gasteiger partial charge in [-0.1, -0.05) is 29.3 Å². The average molecular weight is 395 g/mol. The van der Waals surface area contributed by atoms with Gasteiger partial charge in [-0.05, 0) is 17.5 Å². The van der Waals surface area contributed by atoms with Crippen LogP contribution >= 0.6 is 34.5 Å². The molecule has 1 aromatic carbocycles. The zero-order valence-electron chi connectivity index (χ0n) is 12.0. The third-order valence-corrected chi connectivity index (χ3v) is 6.23. The minimum Gasteiger partial charge on any atom is -0.701 e. The van der Waals surface area contributed by atoms with E-state index in [-0.39, 0.29) is 20.6 Å². The molecule has 0 aliphatic rings. The number of benzene rings is 1. The minimum absolute atomic E-state index is 0.0839. The number of nitrogens with zero attached hydrogens (tertiary/aromatic N) is 1. The van der Waals surface area contributed by atoms with Crippen molar-refractivity contribution in [2.75, 3.05) is 19.4 Å². The van der Waals surface area contributed by atoms with Crippen LogP contribution in [0.25, 0.3) is 0 Å². The number of carbonyl (C=O) groups excluding carboxylic acids is 1. The van der Waals surface area contributed by atoms with Crippen LogP contribution in [0, 0.1) is 0 Å². The van der Waals surface area contributed by atoms with Gasteiger partial charge in [0, 0.05) is 6.07 Å². The Labute approximate surface area is 147 Å². The van der Waals surface area contributed by atoms with Crippen LogP contribution in [0.2, 0.25) is 10.0 Å². The highest BCUT2D eigenvalue weighted by Gasteiger charge is 2.33. The van der Waals surface area contributed by atoms with E-state index >= 15 is 0 Å². The molecule has 0 radical (unpaired) electrons. The molecule has 0 bridgehead atoms. The molecule has 0 aliphatic heterocycles. The molecule has 1 amide bonds. The van der Waals surface area contributed by atoms with Gasteiger partial charge in [-0.25, -0.2) is 0 Å². The molecule has 0 aliphatic carbocycles. The van der Waals surface area contributed by atoms with Gasteiger partial charge >= 0.3 is 0 Å². The molecule has 1 aromatic heterocycles. The Morgan fingerprint density at radius 3 is 2.52 bits per heavy atom. The van der Waals surface area contributed by atoms with Crippen molar-refractivity contribution in [3.63, 3.8) is 0 Å². The molecular weight excluding hydrogens is 383 g/mol. The van der Waals surface area contributed by atoms with Crippen molar-refractivity contribution in [3.05, 3.63) is 44.6 Å². The molecule has 0 unspecified atom stereocenters. The first-order valence-electron chi connectivity index (χ1n) is 6.19. The molecule has 10 heteroatoms. The van der Waals surface area contributed by atoms with Gasteiger partial charge in [0.05, 0.1) is 29.8 Å². The quantitative estimate of drug-likeness (QED) is 0.636. The number of nitrogens with one attached hydrogen (secondary N) is 1. The Hall–Kier alpha value is -1.16. The van der Waals surface area contributed by atoms with Crippen LogP contribution in [-0.2, 0) is 10.3 Å². The van der Waals surface area contributed by atoms with Gasteiger partial charge in [0.2, 0.25) is 0 Å². The van der Waals surface area contributed by atoms with Crippen molar-refractivity contribution in [3.8, 4) is 0 Å². The molecule has 1 heterocycles. The maximum absolute atomic E-state index is 12.4. The van der Waals surface area contributed by atoms with Gasteiger partial charge in [0.15, 0.2) is 10.6 Å². The summed E-state index contributed by atoms with van der Waals surface area (Å²) in [5.41, 5.74) is 0.374. The molecule has 124 valence electrons. The summed E-state index contributed by atoms with van der Waals surface area (Å²) in [5, 5.41) is 4.55. The van der Waals surface area contributed by atoms with Gasteiger partial charge in [-0.2, -0.15) is 12.3 Å². The van der Waals surface area contributed by atoms with Gasteiger partial charge < -0.3 is 9.87 Å². The molecule has 0 saturated heterocycles. The van der Waals surface area contributed by atoms with Crippen LogP contribution in [-0.4, -0.2) is 33.0 Å². The monoisotopic (exact) mass is 394 g/mol. The van der Waals surface area contributed by atoms with Crippen LogP contribution in [0.3, 0.4) is 0 Å². The number of halogens is 2. The largest absolute Gasteiger partial charge is 0.701 e. The predicted molar refractivity (Wildman–Crippen MR) is 92.1 cm³/mol. The second-order valence-electron chi connectivity index (χ2n) is 4.97. The van der Waals surface area contributed by atoms with Crippen molar-refractivity contribution < 1.29 is 17.8 Å². The van der Waals surface area contributed by atoms with E-state index in [9.17, 15) is 17.8 Å². The summed E-state index contributed by atoms with van der Waals surface area (Å²) in [6.45, 7) is 0. The fourth-order valence-electron chi connectivity index (χ4n) is 1.80. The third kappa shape index (κ3) is 3.52. The van der Waals surface area contributed by atoms with E-state index in [0.717, 1.165) is 11.3 Å². The van der Waals surface area contributed by atoms with E-state index in [1.165, 1.54) is 25.5 Å². The van der Waals surface area contributed by atoms with E-state index in [4.69, 9.17) is 23.2 Å². The van der Waals surface area contributed by atoms with Crippen LogP contribution in [0.1, 0.15) is 9.67 Å². The summed E-state index contributed by atoms with van der Waals surface area (Å²) < 4.78 is 33.3. The molecule has 1 N–H and O–H groups in total. The Bertz CT molecular complexity index is 863. The highest BCUT2D eigenvalue weighted by molar-refractivity contribution is 7.85. The maximum Gasteiger partial charge on any atom is 0.271 e. The summed E-state index contributed by atoms with van der Waals surface area (Å²) in [5.74, 6) is -0.575. The van der Waals surface area contributed by atoms with E-state index < -0.39 is 20.1 Å². The highest BCUT2D eigenvalue weighted by atomic mass is 35.5. The molecule has 0 saturated carbocycles. The van der Waals surface area contributed by atoms with Crippen LogP contribution in [0.5, 0.6) is 0 Å². The van der Waals surface area contributed by atoms with Crippen LogP contribution in [0.4, 0.5) is 11.4 Å². The standard InChI is InChI=1S/C13H12Cl2N2O4S2/c1-17(2,23(19,20)21)10-6-7-22-12(10)13(18)16-9-5-3-4-8(14)11(9)15/h3-7H,1-2H3,(H-,16,18,19,20,21). The molecular formula is C13H12Cl2N2O4S2. The Morgan fingerprint density at radius 2 is 1.91 bits per heavy atom. The molecule has 0 atom stereocenters. The predicted octanol–water partition coefficient (Wildman–Crippen LogP) is 3.33. The third-order valence-electron chi connectivity index (χ3n) is 3.19. The number of amides is 1. The number of thiophene rings is 1. The van der Waals surface area contributed by atoms with Crippen LogP contribution < -0.4 is 9.21 Å². The highest BCUT2D eigenvalue weighted by Crippen LogP contribution is 2.34. The normalized spacial score (nSPS) is 12.2. The molecule has 0 fully saturated rings. The number of carbonyl (C=O) groups is 1. The lowest BCUT2D eigenvalue weighted by Crippen LogP contribution is -2.46. The number of quaternary nitrogens is 1. The first-order chi connectivity index (χ1) is 10.6. The fourth-order valence-corrected chi connectivity index (χ4v) is 3.50. The zero-order valence-corrected chi connectivity index (χ0v) is 15.2. The van der Waals surface area contributed by atoms with Crippen molar-refractivity contribution in [2.45, 2.75) is 0 Å². The SMILES string of the molecule is C[N+](C)(c1ccsc1C(=O)Nc1cccc(Cl)c1Cl)S(=O)(=O)[O-]. The topological polar surface area (TPSA) is 86.3 Å². The maximum atomic E-state index is 12.4. The smallest absolute Gasteiger partial charge is 0.271 e. The number of anilines is 1. The molecule has 2 rings (SSSR count). The van der Waals surface area contributed by atoms with E-state index in [1.54, 1.807) is 18.2 Å². The number of hydrogen-bond acceptors (Lipinski definition) is 5. The summed E-state index contributed by atoms with van der Waals surface area (Å²) >= 11 is 12.9. The van der Waals surface area contributed by atoms with E-state index in [1.807, 2.05) is 0 Å². The molecule has 23 heavy (non-hydrogen) atoms. The van der Waals surface area contributed by atoms with Gasteiger partial charge in [-0.15, -0.1) is 11.3 Å². The van der Waals surface area contributed by atoms with E-state index in [0.29, 0.717) is 5.69 Å². The van der Waals surface area contributed by atoms with Crippen molar-refractivity contribution in [2.24, 2.45) is 0 Å². The number of hydrogen-bond donors (Lipinski definition) is 1. The average Bonchev–Trinajstić information content (AvgIpc) is 2.92. The van der Waals surface area contributed by atoms with Crippen LogP contribution in [0.15, 0.2) is 29.6 Å². The second kappa shape index (κ2) is 6.39. The van der Waals surface area contributed by atoms with Crippen molar-refractivity contribution in [1.29, 1.82) is 0 Å². The first-order valence-corrected chi connectivity index (χ1v) is 9.19. The lowest BCUT2D eigenvalue weighted by atomic mass is 10.3. The zero-order chi connectivity index (χ0) is 17.4. The summed E-state index contributed by atoms with van der Waals surface area (Å²) in [4.78, 5) is 12.5. The van der Waals surface area contributed by atoms with Gasteiger partial charge in [0.25, 0.3) is 16.2 Å². The Morgan fingerprint density at radius 1 is 1.26 bits per heavy atom. The summed E-state index contributed by atoms with van der Waals surface area (Å²) in [7, 11) is -2.30. The first kappa shape index (κ1) is 18.2. The van der Waals surface area contributed by atoms with Gasteiger partial charge in [-0.3, -0.25) is 4.79 Å². The lowest BCUT2D eigenvalue weighted by Gasteiger charge is -2.30. The minimum atomic E-state index is -4.70. The molecule has 6 nitrogen and oxygen atoms in total. The second-order valence-corrected chi connectivity index (χ2v) is 8.44. The lowest BCUT2D eigenvalue weighted by molar-refractivity contribution is 0.103. The van der Waals surface area contributed by atoms with Gasteiger partial charge in [0.1, 0.15) is 0 Å². The Balaban J connectivity index is 2.40.